The van der Waals surface area contributed by atoms with Crippen LogP contribution in [-0.2, 0) is 19.2 Å². The lowest BCUT2D eigenvalue weighted by Crippen LogP contribution is -2.82. The van der Waals surface area contributed by atoms with Gasteiger partial charge in [0, 0.05) is 17.9 Å². The van der Waals surface area contributed by atoms with Crippen molar-refractivity contribution in [2.45, 2.75) is 23.4 Å². The maximum absolute atomic E-state index is 13.3. The SMILES string of the molecule is C[C@]1(N2C(=O)O[C@@H](c3ccccc3)C2=O)C(=O)N2CCS[C@]21c1ccccc1. The van der Waals surface area contributed by atoms with Gasteiger partial charge in [-0.15, -0.1) is 11.8 Å². The molecule has 0 spiro atoms. The average Bonchev–Trinajstić information content (AvgIpc) is 3.28. The van der Waals surface area contributed by atoms with Gasteiger partial charge in [0.2, 0.25) is 6.10 Å². The molecule has 6 nitrogen and oxygen atoms in total. The number of hydrogen-bond acceptors (Lipinski definition) is 5. The third-order valence-electron chi connectivity index (χ3n) is 5.89. The van der Waals surface area contributed by atoms with Crippen LogP contribution in [0, 0.1) is 0 Å². The molecule has 3 heterocycles. The second-order valence-electron chi connectivity index (χ2n) is 7.24. The highest BCUT2D eigenvalue weighted by Gasteiger charge is 2.77. The summed E-state index contributed by atoms with van der Waals surface area (Å²) in [5.74, 6) is 0.0324. The Morgan fingerprint density at radius 3 is 2.32 bits per heavy atom. The first kappa shape index (κ1) is 17.3. The molecule has 3 aliphatic heterocycles. The monoisotopic (exact) mass is 394 g/mol. The number of fused-ring (bicyclic) bond motifs is 1. The normalized spacial score (nSPS) is 31.6. The molecule has 3 aliphatic rings. The van der Waals surface area contributed by atoms with Gasteiger partial charge in [-0.05, 0) is 12.5 Å². The number of nitrogens with zero attached hydrogens (tertiary/aromatic N) is 2. The summed E-state index contributed by atoms with van der Waals surface area (Å²) < 4.78 is 5.43. The van der Waals surface area contributed by atoms with E-state index in [0.29, 0.717) is 12.1 Å². The summed E-state index contributed by atoms with van der Waals surface area (Å²) in [6.45, 7) is 2.27. The Bertz CT molecular complexity index is 982. The minimum atomic E-state index is -1.33. The zero-order valence-electron chi connectivity index (χ0n) is 15.2. The van der Waals surface area contributed by atoms with Crippen LogP contribution in [0.1, 0.15) is 24.2 Å². The summed E-state index contributed by atoms with van der Waals surface area (Å²) >= 11 is 1.59. The molecule has 28 heavy (non-hydrogen) atoms. The average molecular weight is 394 g/mol. The number of carbonyl (C=O) groups excluding carboxylic acids is 3. The largest absolute Gasteiger partial charge is 0.431 e. The highest BCUT2D eigenvalue weighted by molar-refractivity contribution is 8.00. The van der Waals surface area contributed by atoms with Crippen LogP contribution in [0.4, 0.5) is 4.79 Å². The van der Waals surface area contributed by atoms with E-state index >= 15 is 0 Å². The molecule has 3 atom stereocenters. The van der Waals surface area contributed by atoms with E-state index in [-0.39, 0.29) is 5.91 Å². The van der Waals surface area contributed by atoms with Gasteiger partial charge in [-0.1, -0.05) is 60.7 Å². The van der Waals surface area contributed by atoms with Crippen molar-refractivity contribution in [3.05, 3.63) is 71.8 Å². The van der Waals surface area contributed by atoms with E-state index in [1.807, 2.05) is 36.4 Å². The van der Waals surface area contributed by atoms with Crippen LogP contribution in [0.25, 0.3) is 0 Å². The fraction of sp³-hybridized carbons (Fsp3) is 0.286. The quantitative estimate of drug-likeness (QED) is 0.749. The molecule has 0 aliphatic carbocycles. The molecule has 7 heteroatoms. The van der Waals surface area contributed by atoms with Crippen LogP contribution in [0.15, 0.2) is 60.7 Å². The highest BCUT2D eigenvalue weighted by atomic mass is 32.2. The lowest BCUT2D eigenvalue weighted by molar-refractivity contribution is -0.178. The maximum Gasteiger partial charge on any atom is 0.418 e. The van der Waals surface area contributed by atoms with Gasteiger partial charge in [0.15, 0.2) is 5.54 Å². The van der Waals surface area contributed by atoms with E-state index in [0.717, 1.165) is 16.2 Å². The van der Waals surface area contributed by atoms with Gasteiger partial charge in [-0.2, -0.15) is 0 Å². The van der Waals surface area contributed by atoms with Crippen molar-refractivity contribution in [3.8, 4) is 0 Å². The first-order chi connectivity index (χ1) is 13.5. The van der Waals surface area contributed by atoms with Crippen LogP contribution in [-0.4, -0.2) is 45.5 Å². The number of rotatable bonds is 3. The summed E-state index contributed by atoms with van der Waals surface area (Å²) in [6.07, 6.45) is -1.79. The number of imide groups is 1. The topological polar surface area (TPSA) is 66.9 Å². The van der Waals surface area contributed by atoms with Crippen LogP contribution in [0.2, 0.25) is 0 Å². The van der Waals surface area contributed by atoms with Crippen molar-refractivity contribution < 1.29 is 19.1 Å². The molecule has 0 unspecified atom stereocenters. The molecule has 5 rings (SSSR count). The minimum absolute atomic E-state index is 0.222. The molecule has 0 aromatic heterocycles. The molecule has 2 aromatic carbocycles. The van der Waals surface area contributed by atoms with Gasteiger partial charge in [-0.3, -0.25) is 9.59 Å². The predicted molar refractivity (Wildman–Crippen MR) is 103 cm³/mol. The molecule has 3 saturated heterocycles. The van der Waals surface area contributed by atoms with Crippen molar-refractivity contribution in [3.63, 3.8) is 0 Å². The van der Waals surface area contributed by atoms with Gasteiger partial charge in [0.05, 0.1) is 0 Å². The highest BCUT2D eigenvalue weighted by Crippen LogP contribution is 2.63. The molecule has 3 fully saturated rings. The van der Waals surface area contributed by atoms with Crippen molar-refractivity contribution in [1.82, 2.24) is 9.80 Å². The van der Waals surface area contributed by atoms with E-state index < -0.39 is 28.5 Å². The van der Waals surface area contributed by atoms with Crippen LogP contribution in [0.3, 0.4) is 0 Å². The maximum atomic E-state index is 13.3. The molecular weight excluding hydrogens is 376 g/mol. The fourth-order valence-electron chi connectivity index (χ4n) is 4.61. The van der Waals surface area contributed by atoms with Gasteiger partial charge < -0.3 is 9.64 Å². The fourth-order valence-corrected chi connectivity index (χ4v) is 6.27. The zero-order chi connectivity index (χ0) is 19.5. The molecule has 0 bridgehead atoms. The number of hydrogen-bond donors (Lipinski definition) is 0. The van der Waals surface area contributed by atoms with E-state index in [1.54, 1.807) is 47.9 Å². The summed E-state index contributed by atoms with van der Waals surface area (Å²) in [7, 11) is 0. The molecule has 0 saturated carbocycles. The molecule has 142 valence electrons. The van der Waals surface area contributed by atoms with Gasteiger partial charge in [-0.25, -0.2) is 9.69 Å². The Morgan fingerprint density at radius 1 is 1.00 bits per heavy atom. The zero-order valence-corrected chi connectivity index (χ0v) is 16.0. The van der Waals surface area contributed by atoms with E-state index in [1.165, 1.54) is 0 Å². The Balaban J connectivity index is 1.60. The number of ether oxygens (including phenoxy) is 1. The third-order valence-corrected chi connectivity index (χ3v) is 7.55. The minimum Gasteiger partial charge on any atom is -0.431 e. The van der Waals surface area contributed by atoms with Crippen LogP contribution >= 0.6 is 11.8 Å². The van der Waals surface area contributed by atoms with Gasteiger partial charge in [0.1, 0.15) is 4.87 Å². The first-order valence-electron chi connectivity index (χ1n) is 9.13. The lowest BCUT2D eigenvalue weighted by Gasteiger charge is -2.61. The predicted octanol–water partition coefficient (Wildman–Crippen LogP) is 2.91. The number of cyclic esters (lactones) is 1. The van der Waals surface area contributed by atoms with Gasteiger partial charge >= 0.3 is 6.09 Å². The number of β-lactam (4-membered cyclic amide) rings is 1. The van der Waals surface area contributed by atoms with Crippen molar-refractivity contribution in [2.75, 3.05) is 12.3 Å². The van der Waals surface area contributed by atoms with Crippen molar-refractivity contribution in [2.24, 2.45) is 0 Å². The molecule has 2 aromatic rings. The van der Waals surface area contributed by atoms with Crippen LogP contribution < -0.4 is 0 Å². The Labute approximate surface area is 166 Å². The van der Waals surface area contributed by atoms with Gasteiger partial charge in [0.25, 0.3) is 11.8 Å². The lowest BCUT2D eigenvalue weighted by atomic mass is 9.74. The van der Waals surface area contributed by atoms with Crippen molar-refractivity contribution in [1.29, 1.82) is 0 Å². The Kier molecular flexibility index (Phi) is 3.61. The van der Waals surface area contributed by atoms with E-state index in [2.05, 4.69) is 0 Å². The second kappa shape index (κ2) is 5.85. The summed E-state index contributed by atoms with van der Waals surface area (Å²) in [4.78, 5) is 41.3. The summed E-state index contributed by atoms with van der Waals surface area (Å²) in [5, 5.41) is 0. The van der Waals surface area contributed by atoms with E-state index in [9.17, 15) is 14.4 Å². The standard InChI is InChI=1S/C21H18N2O4S/c1-20(23-17(24)16(27-19(23)26)14-8-4-2-5-9-14)18(25)22-12-13-28-21(20,22)15-10-6-3-7-11-15/h2-11,16H,12-13H2,1H3/t16-,20-,21-/m0/s1. The molecule has 0 radical (unpaired) electrons. The third kappa shape index (κ3) is 1.92. The number of benzene rings is 2. The van der Waals surface area contributed by atoms with Crippen LogP contribution in [0.5, 0.6) is 0 Å². The molecule has 3 amide bonds. The Hall–Kier alpha value is -2.80. The smallest absolute Gasteiger partial charge is 0.418 e. The van der Waals surface area contributed by atoms with E-state index in [4.69, 9.17) is 4.74 Å². The summed E-state index contributed by atoms with van der Waals surface area (Å²) in [6, 6.07) is 18.5. The first-order valence-corrected chi connectivity index (χ1v) is 10.1. The Morgan fingerprint density at radius 2 is 1.64 bits per heavy atom. The summed E-state index contributed by atoms with van der Waals surface area (Å²) in [5.41, 5.74) is 0.180. The number of amides is 3. The number of carbonyl (C=O) groups is 3. The molecular formula is C21H18N2O4S. The molecule has 0 N–H and O–H groups in total. The number of thioether (sulfide) groups is 1. The second-order valence-corrected chi connectivity index (χ2v) is 8.52. The van der Waals surface area contributed by atoms with Crippen molar-refractivity contribution >= 4 is 29.7 Å².